The van der Waals surface area contributed by atoms with Crippen molar-refractivity contribution >= 4 is 11.8 Å². The van der Waals surface area contributed by atoms with E-state index in [1.54, 1.807) is 12.1 Å². The molecule has 0 bridgehead atoms. The molecule has 3 nitrogen and oxygen atoms in total. The molecule has 0 fully saturated rings. The van der Waals surface area contributed by atoms with Crippen molar-refractivity contribution in [1.82, 2.24) is 0 Å². The van der Waals surface area contributed by atoms with E-state index in [4.69, 9.17) is 5.11 Å². The number of rotatable bonds is 1. The first kappa shape index (κ1) is 9.90. The Morgan fingerprint density at radius 3 is 2.87 bits per heavy atom. The Morgan fingerprint density at radius 2 is 2.20 bits per heavy atom. The van der Waals surface area contributed by atoms with E-state index in [0.717, 1.165) is 5.56 Å². The maximum Gasteiger partial charge on any atom is 0.311 e. The first-order valence-corrected chi connectivity index (χ1v) is 4.96. The van der Waals surface area contributed by atoms with Gasteiger partial charge in [0.05, 0.1) is 5.92 Å². The van der Waals surface area contributed by atoms with E-state index < -0.39 is 11.9 Å². The van der Waals surface area contributed by atoms with Gasteiger partial charge >= 0.3 is 5.97 Å². The number of aryl methyl sites for hydroxylation is 1. The number of benzene rings is 1. The molecule has 0 spiro atoms. The molecular weight excluding hydrogens is 192 g/mol. The number of carboxylic acid groups (broad SMARTS) is 1. The molecule has 78 valence electrons. The maximum atomic E-state index is 11.6. The zero-order valence-electron chi connectivity index (χ0n) is 8.49. The molecule has 1 aliphatic carbocycles. The number of fused-ring (bicyclic) bond motifs is 1. The van der Waals surface area contributed by atoms with Gasteiger partial charge < -0.3 is 5.11 Å². The van der Waals surface area contributed by atoms with Crippen LogP contribution in [0.4, 0.5) is 0 Å². The molecule has 3 heteroatoms. The number of hydrogen-bond donors (Lipinski definition) is 1. The molecule has 1 aliphatic rings. The van der Waals surface area contributed by atoms with Crippen LogP contribution in [0.15, 0.2) is 18.2 Å². The lowest BCUT2D eigenvalue weighted by atomic mass is 9.81. The van der Waals surface area contributed by atoms with Crippen LogP contribution in [0.25, 0.3) is 0 Å². The minimum absolute atomic E-state index is 0.0613. The van der Waals surface area contributed by atoms with Crippen molar-refractivity contribution in [3.63, 3.8) is 0 Å². The summed E-state index contributed by atoms with van der Waals surface area (Å²) in [6, 6.07) is 5.40. The van der Waals surface area contributed by atoms with Gasteiger partial charge in [0.15, 0.2) is 5.78 Å². The lowest BCUT2D eigenvalue weighted by molar-refractivity contribution is -0.139. The van der Waals surface area contributed by atoms with Crippen molar-refractivity contribution in [3.05, 3.63) is 34.9 Å². The first-order chi connectivity index (χ1) is 7.09. The second-order valence-corrected chi connectivity index (χ2v) is 3.94. The predicted molar refractivity (Wildman–Crippen MR) is 55.1 cm³/mol. The first-order valence-electron chi connectivity index (χ1n) is 4.96. The summed E-state index contributed by atoms with van der Waals surface area (Å²) in [6.07, 6.45) is 0.762. The zero-order chi connectivity index (χ0) is 11.0. The summed E-state index contributed by atoms with van der Waals surface area (Å²) < 4.78 is 0. The van der Waals surface area contributed by atoms with E-state index in [-0.39, 0.29) is 5.78 Å². The SMILES string of the molecule is Cc1ccc2c(c1)C(=O)CCC2C(=O)O. The van der Waals surface area contributed by atoms with Crippen molar-refractivity contribution in [2.45, 2.75) is 25.7 Å². The number of hydrogen-bond acceptors (Lipinski definition) is 2. The van der Waals surface area contributed by atoms with E-state index >= 15 is 0 Å². The van der Waals surface area contributed by atoms with E-state index in [9.17, 15) is 9.59 Å². The van der Waals surface area contributed by atoms with Gasteiger partial charge in [-0.05, 0) is 25.0 Å². The van der Waals surface area contributed by atoms with Gasteiger partial charge in [-0.25, -0.2) is 0 Å². The molecule has 0 saturated heterocycles. The third kappa shape index (κ3) is 1.65. The maximum absolute atomic E-state index is 11.6. The third-order valence-corrected chi connectivity index (χ3v) is 2.84. The van der Waals surface area contributed by atoms with Crippen molar-refractivity contribution < 1.29 is 14.7 Å². The fourth-order valence-electron chi connectivity index (χ4n) is 2.04. The highest BCUT2D eigenvalue weighted by Gasteiger charge is 2.30. The summed E-state index contributed by atoms with van der Waals surface area (Å²) in [6.45, 7) is 1.90. The summed E-state index contributed by atoms with van der Waals surface area (Å²) in [7, 11) is 0. The van der Waals surface area contributed by atoms with E-state index in [0.29, 0.717) is 24.0 Å². The Bertz CT molecular complexity index is 434. The van der Waals surface area contributed by atoms with Gasteiger partial charge in [-0.3, -0.25) is 9.59 Å². The van der Waals surface area contributed by atoms with Crippen LogP contribution in [0.2, 0.25) is 0 Å². The van der Waals surface area contributed by atoms with Crippen LogP contribution < -0.4 is 0 Å². The predicted octanol–water partition coefficient (Wildman–Crippen LogP) is 2.14. The molecule has 1 unspecified atom stereocenters. The van der Waals surface area contributed by atoms with Gasteiger partial charge in [-0.2, -0.15) is 0 Å². The third-order valence-electron chi connectivity index (χ3n) is 2.84. The Balaban J connectivity index is 2.55. The molecule has 2 rings (SSSR count). The monoisotopic (exact) mass is 204 g/mol. The quantitative estimate of drug-likeness (QED) is 0.762. The number of carbonyl (C=O) groups excluding carboxylic acids is 1. The second kappa shape index (κ2) is 3.50. The molecule has 0 aromatic heterocycles. The summed E-state index contributed by atoms with van der Waals surface area (Å²) in [4.78, 5) is 22.6. The largest absolute Gasteiger partial charge is 0.481 e. The highest BCUT2D eigenvalue weighted by molar-refractivity contribution is 6.01. The van der Waals surface area contributed by atoms with Gasteiger partial charge in [0, 0.05) is 12.0 Å². The molecular formula is C12H12O3. The molecule has 0 heterocycles. The number of carbonyl (C=O) groups is 2. The standard InChI is InChI=1S/C12H12O3/c1-7-2-3-8-9(12(14)15)4-5-11(13)10(8)6-7/h2-3,6,9H,4-5H2,1H3,(H,14,15). The molecule has 15 heavy (non-hydrogen) atoms. The molecule has 1 aromatic carbocycles. The molecule has 0 saturated carbocycles. The average molecular weight is 204 g/mol. The van der Waals surface area contributed by atoms with Crippen LogP contribution in [0.5, 0.6) is 0 Å². The van der Waals surface area contributed by atoms with Gasteiger partial charge in [-0.15, -0.1) is 0 Å². The molecule has 0 radical (unpaired) electrons. The van der Waals surface area contributed by atoms with Gasteiger partial charge in [0.2, 0.25) is 0 Å². The van der Waals surface area contributed by atoms with Crippen LogP contribution in [0.3, 0.4) is 0 Å². The summed E-state index contributed by atoms with van der Waals surface area (Å²) in [5, 5.41) is 9.03. The fourth-order valence-corrected chi connectivity index (χ4v) is 2.04. The average Bonchev–Trinajstić information content (AvgIpc) is 2.19. The number of aliphatic carboxylic acids is 1. The van der Waals surface area contributed by atoms with E-state index in [1.807, 2.05) is 13.0 Å². The summed E-state index contributed by atoms with van der Waals surface area (Å²) in [5.41, 5.74) is 2.26. The van der Waals surface area contributed by atoms with Crippen LogP contribution in [0, 0.1) is 6.92 Å². The van der Waals surface area contributed by atoms with Gasteiger partial charge in [0.1, 0.15) is 0 Å². The Kier molecular flexibility index (Phi) is 2.31. The van der Waals surface area contributed by atoms with Crippen LogP contribution in [0.1, 0.15) is 40.2 Å². The zero-order valence-corrected chi connectivity index (χ0v) is 8.49. The molecule has 1 aromatic rings. The van der Waals surface area contributed by atoms with Gasteiger partial charge in [-0.1, -0.05) is 17.7 Å². The van der Waals surface area contributed by atoms with Crippen LogP contribution >= 0.6 is 0 Å². The van der Waals surface area contributed by atoms with E-state index in [1.165, 1.54) is 0 Å². The van der Waals surface area contributed by atoms with Crippen molar-refractivity contribution in [3.8, 4) is 0 Å². The topological polar surface area (TPSA) is 54.4 Å². The minimum Gasteiger partial charge on any atom is -0.481 e. The lowest BCUT2D eigenvalue weighted by Crippen LogP contribution is -2.21. The normalized spacial score (nSPS) is 19.8. The Labute approximate surface area is 87.7 Å². The summed E-state index contributed by atoms with van der Waals surface area (Å²) >= 11 is 0. The van der Waals surface area contributed by atoms with Gasteiger partial charge in [0.25, 0.3) is 0 Å². The number of carboxylic acids is 1. The minimum atomic E-state index is -0.840. The molecule has 1 N–H and O–H groups in total. The summed E-state index contributed by atoms with van der Waals surface area (Å²) in [5.74, 6) is -1.29. The number of Topliss-reactive ketones (excluding diaryl/α,β-unsaturated/α-hetero) is 1. The fraction of sp³-hybridized carbons (Fsp3) is 0.333. The van der Waals surface area contributed by atoms with Crippen molar-refractivity contribution in [1.29, 1.82) is 0 Å². The highest BCUT2D eigenvalue weighted by atomic mass is 16.4. The lowest BCUT2D eigenvalue weighted by Gasteiger charge is -2.21. The smallest absolute Gasteiger partial charge is 0.311 e. The molecule has 1 atom stereocenters. The van der Waals surface area contributed by atoms with Crippen molar-refractivity contribution in [2.75, 3.05) is 0 Å². The highest BCUT2D eigenvalue weighted by Crippen LogP contribution is 2.32. The molecule has 0 amide bonds. The van der Waals surface area contributed by atoms with Crippen LogP contribution in [-0.2, 0) is 4.79 Å². The van der Waals surface area contributed by atoms with Crippen LogP contribution in [-0.4, -0.2) is 16.9 Å². The second-order valence-electron chi connectivity index (χ2n) is 3.94. The Hall–Kier alpha value is -1.64. The Morgan fingerprint density at radius 1 is 1.47 bits per heavy atom. The molecule has 0 aliphatic heterocycles. The van der Waals surface area contributed by atoms with E-state index in [2.05, 4.69) is 0 Å². The van der Waals surface area contributed by atoms with Crippen molar-refractivity contribution in [2.24, 2.45) is 0 Å². The number of ketones is 1.